The maximum Gasteiger partial charge on any atom is 0.265 e. The highest BCUT2D eigenvalue weighted by atomic mass is 35.5. The molecule has 3 aromatic rings. The smallest absolute Gasteiger partial charge is 0.265 e. The molecule has 0 aromatic heterocycles. The largest absolute Gasteiger partial charge is 0.285 e. The van der Waals surface area contributed by atoms with Gasteiger partial charge in [-0.15, -0.1) is 0 Å². The summed E-state index contributed by atoms with van der Waals surface area (Å²) in [5, 5.41) is 2.75. The first-order valence-electron chi connectivity index (χ1n) is 10.9. The molecular weight excluding hydrogens is 438 g/mol. The van der Waals surface area contributed by atoms with Gasteiger partial charge in [-0.25, -0.2) is 10.0 Å². The van der Waals surface area contributed by atoms with Crippen LogP contribution in [0.4, 0.5) is 5.69 Å². The van der Waals surface area contributed by atoms with Gasteiger partial charge >= 0.3 is 0 Å². The number of hydrazine groups is 1. The molecule has 4 nitrogen and oxygen atoms in total. The predicted molar refractivity (Wildman–Crippen MR) is 131 cm³/mol. The molecule has 0 saturated carbocycles. The molecule has 32 heavy (non-hydrogen) atoms. The van der Waals surface area contributed by atoms with E-state index in [1.54, 1.807) is 11.8 Å². The van der Waals surface area contributed by atoms with Gasteiger partial charge in [0.1, 0.15) is 0 Å². The highest BCUT2D eigenvalue weighted by Gasteiger charge is 2.23. The summed E-state index contributed by atoms with van der Waals surface area (Å²) in [4.78, 5) is 20.2. The molecule has 6 heteroatoms. The van der Waals surface area contributed by atoms with Crippen LogP contribution in [0.3, 0.4) is 0 Å². The maximum absolute atomic E-state index is 13.0. The molecule has 0 radical (unpaired) electrons. The monoisotopic (exact) mass is 461 g/mol. The van der Waals surface area contributed by atoms with Crippen LogP contribution in [0, 0.1) is 0 Å². The van der Waals surface area contributed by atoms with Crippen molar-refractivity contribution in [3.8, 4) is 0 Å². The van der Waals surface area contributed by atoms with Crippen LogP contribution in [0.2, 0.25) is 5.02 Å². The van der Waals surface area contributed by atoms with Crippen molar-refractivity contribution in [2.24, 2.45) is 4.99 Å². The number of aliphatic imine (C=N–C) groups is 1. The molecular formula is C26H24ClN3OS. The molecule has 2 aliphatic heterocycles. The van der Waals surface area contributed by atoms with Crippen molar-refractivity contribution < 1.29 is 4.79 Å². The average molecular weight is 462 g/mol. The molecule has 1 fully saturated rings. The Balaban J connectivity index is 1.53. The standard InChI is InChI=1S/C26H24ClN3OS/c1-17-6-4-5-15-30(17)29-26(31)19-11-14-24-22(16-19)28-25(18-9-12-20(27)13-10-18)21-7-2-3-8-23(21)32-24/h2-3,7-14,16-17H,4-6,15H2,1H3,(H,29,31)/t17-/m0/s1. The van der Waals surface area contributed by atoms with E-state index in [-0.39, 0.29) is 5.91 Å². The molecule has 0 unspecified atom stereocenters. The second kappa shape index (κ2) is 9.10. The molecule has 0 bridgehead atoms. The zero-order valence-electron chi connectivity index (χ0n) is 17.8. The van der Waals surface area contributed by atoms with Crippen LogP contribution in [0.1, 0.15) is 47.7 Å². The lowest BCUT2D eigenvalue weighted by atomic mass is 10.0. The molecule has 2 heterocycles. The summed E-state index contributed by atoms with van der Waals surface area (Å²) in [6, 6.07) is 22.1. The number of rotatable bonds is 3. The van der Waals surface area contributed by atoms with E-state index >= 15 is 0 Å². The van der Waals surface area contributed by atoms with Crippen LogP contribution >= 0.6 is 23.4 Å². The van der Waals surface area contributed by atoms with Crippen molar-refractivity contribution in [1.82, 2.24) is 10.4 Å². The molecule has 0 spiro atoms. The summed E-state index contributed by atoms with van der Waals surface area (Å²) in [7, 11) is 0. The molecule has 1 saturated heterocycles. The van der Waals surface area contributed by atoms with Crippen molar-refractivity contribution in [2.75, 3.05) is 6.54 Å². The molecule has 162 valence electrons. The molecule has 5 rings (SSSR count). The summed E-state index contributed by atoms with van der Waals surface area (Å²) in [6.45, 7) is 3.05. The number of hydrogen-bond donors (Lipinski definition) is 1. The van der Waals surface area contributed by atoms with Crippen molar-refractivity contribution in [2.45, 2.75) is 42.0 Å². The van der Waals surface area contributed by atoms with Gasteiger partial charge in [0, 0.05) is 44.1 Å². The number of benzene rings is 3. The van der Waals surface area contributed by atoms with E-state index in [2.05, 4.69) is 29.5 Å². The van der Waals surface area contributed by atoms with Gasteiger partial charge in [0.05, 0.1) is 11.4 Å². The lowest BCUT2D eigenvalue weighted by Crippen LogP contribution is -2.49. The Kier molecular flexibility index (Phi) is 6.05. The lowest BCUT2D eigenvalue weighted by molar-refractivity contribution is 0.0612. The molecule has 0 aliphatic carbocycles. The molecule has 1 N–H and O–H groups in total. The van der Waals surface area contributed by atoms with Crippen LogP contribution in [-0.4, -0.2) is 29.2 Å². The summed E-state index contributed by atoms with van der Waals surface area (Å²) >= 11 is 7.80. The summed E-state index contributed by atoms with van der Waals surface area (Å²) in [5.41, 5.74) is 7.46. The van der Waals surface area contributed by atoms with E-state index in [9.17, 15) is 4.79 Å². The van der Waals surface area contributed by atoms with Gasteiger partial charge in [-0.3, -0.25) is 10.2 Å². The van der Waals surface area contributed by atoms with Crippen molar-refractivity contribution in [3.63, 3.8) is 0 Å². The van der Waals surface area contributed by atoms with E-state index in [4.69, 9.17) is 16.6 Å². The number of carbonyl (C=O) groups is 1. The normalized spacial score (nSPS) is 18.2. The minimum atomic E-state index is -0.0865. The molecule has 1 atom stereocenters. The minimum absolute atomic E-state index is 0.0865. The fraction of sp³-hybridized carbons (Fsp3) is 0.231. The van der Waals surface area contributed by atoms with E-state index in [0.29, 0.717) is 16.6 Å². The quantitative estimate of drug-likeness (QED) is 0.379. The lowest BCUT2D eigenvalue weighted by Gasteiger charge is -2.33. The Bertz CT molecular complexity index is 1190. The van der Waals surface area contributed by atoms with Gasteiger partial charge in [0.15, 0.2) is 0 Å². The highest BCUT2D eigenvalue weighted by molar-refractivity contribution is 7.99. The second-order valence-corrected chi connectivity index (χ2v) is 9.75. The third-order valence-electron chi connectivity index (χ3n) is 5.98. The minimum Gasteiger partial charge on any atom is -0.285 e. The molecule has 1 amide bonds. The van der Waals surface area contributed by atoms with Crippen LogP contribution < -0.4 is 5.43 Å². The number of piperidine rings is 1. The first-order valence-corrected chi connectivity index (χ1v) is 12.1. The Hall–Kier alpha value is -2.60. The van der Waals surface area contributed by atoms with Crippen LogP contribution in [0.5, 0.6) is 0 Å². The third-order valence-corrected chi connectivity index (χ3v) is 7.37. The topological polar surface area (TPSA) is 44.7 Å². The van der Waals surface area contributed by atoms with Crippen LogP contribution in [0.25, 0.3) is 0 Å². The Morgan fingerprint density at radius 2 is 1.88 bits per heavy atom. The van der Waals surface area contributed by atoms with E-state index in [1.807, 2.05) is 54.6 Å². The number of carbonyl (C=O) groups excluding carboxylic acids is 1. The number of amides is 1. The third kappa shape index (κ3) is 4.33. The summed E-state index contributed by atoms with van der Waals surface area (Å²) < 4.78 is 0. The second-order valence-electron chi connectivity index (χ2n) is 8.23. The van der Waals surface area contributed by atoms with Gasteiger partial charge < -0.3 is 0 Å². The first kappa shape index (κ1) is 21.3. The zero-order valence-corrected chi connectivity index (χ0v) is 19.4. The molecule has 2 aliphatic rings. The van der Waals surface area contributed by atoms with Crippen molar-refractivity contribution >= 4 is 40.7 Å². The number of nitrogens with zero attached hydrogens (tertiary/aromatic N) is 2. The molecule has 3 aromatic carbocycles. The van der Waals surface area contributed by atoms with Gasteiger partial charge in [0.2, 0.25) is 0 Å². The van der Waals surface area contributed by atoms with E-state index in [0.717, 1.165) is 51.7 Å². The zero-order chi connectivity index (χ0) is 22.1. The fourth-order valence-electron chi connectivity index (χ4n) is 4.17. The summed E-state index contributed by atoms with van der Waals surface area (Å²) in [6.07, 6.45) is 3.43. The fourth-order valence-corrected chi connectivity index (χ4v) is 5.30. The van der Waals surface area contributed by atoms with Crippen molar-refractivity contribution in [1.29, 1.82) is 0 Å². The number of halogens is 1. The SMILES string of the molecule is C[C@H]1CCCCN1NC(=O)c1ccc2c(c1)N=C(c1ccc(Cl)cc1)c1ccccc1S2. The average Bonchev–Trinajstić information content (AvgIpc) is 2.97. The van der Waals surface area contributed by atoms with Gasteiger partial charge in [-0.2, -0.15) is 0 Å². The number of hydrogen-bond acceptors (Lipinski definition) is 4. The van der Waals surface area contributed by atoms with E-state index < -0.39 is 0 Å². The first-order chi connectivity index (χ1) is 15.6. The Morgan fingerprint density at radius 1 is 1.06 bits per heavy atom. The Morgan fingerprint density at radius 3 is 2.69 bits per heavy atom. The Labute approximate surface area is 197 Å². The maximum atomic E-state index is 13.0. The van der Waals surface area contributed by atoms with Crippen LogP contribution in [0.15, 0.2) is 81.5 Å². The predicted octanol–water partition coefficient (Wildman–Crippen LogP) is 6.49. The van der Waals surface area contributed by atoms with Gasteiger partial charge in [-0.1, -0.05) is 60.1 Å². The van der Waals surface area contributed by atoms with E-state index in [1.165, 1.54) is 6.42 Å². The van der Waals surface area contributed by atoms with Gasteiger partial charge in [0.25, 0.3) is 5.91 Å². The van der Waals surface area contributed by atoms with Crippen molar-refractivity contribution in [3.05, 3.63) is 88.4 Å². The number of nitrogens with one attached hydrogen (secondary N) is 1. The van der Waals surface area contributed by atoms with Gasteiger partial charge in [-0.05, 0) is 56.2 Å². The highest BCUT2D eigenvalue weighted by Crippen LogP contribution is 2.41. The number of fused-ring (bicyclic) bond motifs is 2. The summed E-state index contributed by atoms with van der Waals surface area (Å²) in [5.74, 6) is -0.0865. The van der Waals surface area contributed by atoms with Crippen LogP contribution in [-0.2, 0) is 0 Å².